The first-order valence-electron chi connectivity index (χ1n) is 11.1. The molecule has 1 aromatic rings. The molecule has 0 radical (unpaired) electrons. The summed E-state index contributed by atoms with van der Waals surface area (Å²) in [5.41, 5.74) is 0.375. The molecule has 2 rings (SSSR count). The van der Waals surface area contributed by atoms with Gasteiger partial charge in [0, 0.05) is 32.7 Å². The lowest BCUT2D eigenvalue weighted by Crippen LogP contribution is -2.48. The van der Waals surface area contributed by atoms with E-state index in [1.165, 1.54) is 5.56 Å². The van der Waals surface area contributed by atoms with Crippen molar-refractivity contribution >= 4 is 5.96 Å². The molecule has 170 valence electrons. The molecule has 0 amide bonds. The van der Waals surface area contributed by atoms with E-state index in [4.69, 9.17) is 9.47 Å². The van der Waals surface area contributed by atoms with Crippen molar-refractivity contribution in [2.24, 2.45) is 10.9 Å². The van der Waals surface area contributed by atoms with Crippen LogP contribution in [0.3, 0.4) is 0 Å². The molecule has 1 aliphatic rings. The van der Waals surface area contributed by atoms with Gasteiger partial charge in [-0.2, -0.15) is 0 Å². The molecule has 1 saturated heterocycles. The van der Waals surface area contributed by atoms with Gasteiger partial charge in [0.15, 0.2) is 5.96 Å². The van der Waals surface area contributed by atoms with Gasteiger partial charge < -0.3 is 25.2 Å². The number of rotatable bonds is 11. The SMILES string of the molecule is CCNC(=NCC(C)(O)CN1CCOCC1)NCCc1ccc(OCC(C)C)cc1. The minimum absolute atomic E-state index is 0.349. The summed E-state index contributed by atoms with van der Waals surface area (Å²) < 4.78 is 11.1. The quantitative estimate of drug-likeness (QED) is 0.375. The van der Waals surface area contributed by atoms with Gasteiger partial charge in [-0.05, 0) is 43.9 Å². The van der Waals surface area contributed by atoms with E-state index in [2.05, 4.69) is 46.5 Å². The third-order valence-corrected chi connectivity index (χ3v) is 4.80. The second kappa shape index (κ2) is 12.8. The lowest BCUT2D eigenvalue weighted by molar-refractivity contribution is -0.0179. The molecule has 0 spiro atoms. The maximum absolute atomic E-state index is 10.7. The molecular formula is C23H40N4O3. The first-order chi connectivity index (χ1) is 14.4. The number of benzene rings is 1. The van der Waals surface area contributed by atoms with Crippen LogP contribution in [0.2, 0.25) is 0 Å². The van der Waals surface area contributed by atoms with Gasteiger partial charge in [0.2, 0.25) is 0 Å². The van der Waals surface area contributed by atoms with E-state index in [0.29, 0.717) is 19.0 Å². The number of morpholine rings is 1. The number of guanidine groups is 1. The van der Waals surface area contributed by atoms with Crippen LogP contribution < -0.4 is 15.4 Å². The van der Waals surface area contributed by atoms with Gasteiger partial charge in [-0.3, -0.25) is 9.89 Å². The predicted molar refractivity (Wildman–Crippen MR) is 122 cm³/mol. The molecule has 1 heterocycles. The smallest absolute Gasteiger partial charge is 0.191 e. The van der Waals surface area contributed by atoms with Crippen LogP contribution in [0.15, 0.2) is 29.3 Å². The average molecular weight is 421 g/mol. The van der Waals surface area contributed by atoms with Crippen molar-refractivity contribution in [2.45, 2.75) is 39.7 Å². The Balaban J connectivity index is 1.78. The van der Waals surface area contributed by atoms with Crippen LogP contribution in [0.25, 0.3) is 0 Å². The topological polar surface area (TPSA) is 78.4 Å². The maximum Gasteiger partial charge on any atom is 0.191 e. The van der Waals surface area contributed by atoms with Crippen molar-refractivity contribution in [2.75, 3.05) is 59.1 Å². The summed E-state index contributed by atoms with van der Waals surface area (Å²) in [5.74, 6) is 2.17. The summed E-state index contributed by atoms with van der Waals surface area (Å²) >= 11 is 0. The molecule has 0 bridgehead atoms. The van der Waals surface area contributed by atoms with Crippen LogP contribution in [0.4, 0.5) is 0 Å². The third-order valence-electron chi connectivity index (χ3n) is 4.80. The molecule has 1 aliphatic heterocycles. The molecule has 1 unspecified atom stereocenters. The Kier molecular flexibility index (Phi) is 10.4. The van der Waals surface area contributed by atoms with E-state index in [-0.39, 0.29) is 0 Å². The molecule has 3 N–H and O–H groups in total. The second-order valence-corrected chi connectivity index (χ2v) is 8.61. The number of aliphatic imine (C=N–C) groups is 1. The highest BCUT2D eigenvalue weighted by Crippen LogP contribution is 2.13. The van der Waals surface area contributed by atoms with Gasteiger partial charge in [-0.25, -0.2) is 0 Å². The molecular weight excluding hydrogens is 380 g/mol. The second-order valence-electron chi connectivity index (χ2n) is 8.61. The minimum atomic E-state index is -0.870. The fourth-order valence-corrected chi connectivity index (χ4v) is 3.22. The van der Waals surface area contributed by atoms with Crippen molar-refractivity contribution in [1.29, 1.82) is 0 Å². The normalized spacial score (nSPS) is 17.6. The van der Waals surface area contributed by atoms with E-state index in [0.717, 1.165) is 64.1 Å². The van der Waals surface area contributed by atoms with Crippen LogP contribution in [-0.4, -0.2) is 80.7 Å². The Morgan fingerprint density at radius 3 is 2.57 bits per heavy atom. The molecule has 1 atom stereocenters. The molecule has 30 heavy (non-hydrogen) atoms. The van der Waals surface area contributed by atoms with Gasteiger partial charge in [-0.15, -0.1) is 0 Å². The zero-order chi connectivity index (χ0) is 21.8. The van der Waals surface area contributed by atoms with Crippen molar-refractivity contribution in [3.05, 3.63) is 29.8 Å². The highest BCUT2D eigenvalue weighted by atomic mass is 16.5. The fourth-order valence-electron chi connectivity index (χ4n) is 3.22. The zero-order valence-corrected chi connectivity index (χ0v) is 19.1. The molecule has 0 aliphatic carbocycles. The fraction of sp³-hybridized carbons (Fsp3) is 0.696. The molecule has 1 aromatic carbocycles. The largest absolute Gasteiger partial charge is 0.493 e. The van der Waals surface area contributed by atoms with E-state index < -0.39 is 5.60 Å². The summed E-state index contributed by atoms with van der Waals surface area (Å²) in [5, 5.41) is 17.4. The predicted octanol–water partition coefficient (Wildman–Crippen LogP) is 1.90. The highest BCUT2D eigenvalue weighted by molar-refractivity contribution is 5.79. The number of nitrogens with one attached hydrogen (secondary N) is 2. The maximum atomic E-state index is 10.7. The average Bonchev–Trinajstić information content (AvgIpc) is 2.72. The summed E-state index contributed by atoms with van der Waals surface area (Å²) in [4.78, 5) is 6.83. The summed E-state index contributed by atoms with van der Waals surface area (Å²) in [6.45, 7) is 14.6. The van der Waals surface area contributed by atoms with Crippen LogP contribution in [0.1, 0.15) is 33.3 Å². The van der Waals surface area contributed by atoms with Crippen LogP contribution in [0.5, 0.6) is 5.75 Å². The molecule has 1 fully saturated rings. The molecule has 0 aromatic heterocycles. The van der Waals surface area contributed by atoms with Crippen molar-refractivity contribution in [3.63, 3.8) is 0 Å². The van der Waals surface area contributed by atoms with Gasteiger partial charge in [-0.1, -0.05) is 26.0 Å². The zero-order valence-electron chi connectivity index (χ0n) is 19.1. The third kappa shape index (κ3) is 9.78. The standard InChI is InChI=1S/C23H40N4O3/c1-5-24-22(26-17-23(4,28)18-27-12-14-29-15-13-27)25-11-10-20-6-8-21(9-7-20)30-16-19(2)3/h6-9,19,28H,5,10-18H2,1-4H3,(H2,24,25,26). The molecule has 0 saturated carbocycles. The lowest BCUT2D eigenvalue weighted by atomic mass is 10.1. The Bertz CT molecular complexity index is 626. The lowest BCUT2D eigenvalue weighted by Gasteiger charge is -2.33. The molecule has 7 nitrogen and oxygen atoms in total. The highest BCUT2D eigenvalue weighted by Gasteiger charge is 2.25. The van der Waals surface area contributed by atoms with Crippen molar-refractivity contribution in [3.8, 4) is 5.75 Å². The number of hydrogen-bond donors (Lipinski definition) is 3. The summed E-state index contributed by atoms with van der Waals surface area (Å²) in [7, 11) is 0. The number of nitrogens with zero attached hydrogens (tertiary/aromatic N) is 2. The van der Waals surface area contributed by atoms with Crippen molar-refractivity contribution in [1.82, 2.24) is 15.5 Å². The summed E-state index contributed by atoms with van der Waals surface area (Å²) in [6, 6.07) is 8.27. The Morgan fingerprint density at radius 1 is 1.23 bits per heavy atom. The number of hydrogen-bond acceptors (Lipinski definition) is 5. The first-order valence-corrected chi connectivity index (χ1v) is 11.1. The van der Waals surface area contributed by atoms with Gasteiger partial charge in [0.25, 0.3) is 0 Å². The van der Waals surface area contributed by atoms with Crippen molar-refractivity contribution < 1.29 is 14.6 Å². The van der Waals surface area contributed by atoms with Crippen LogP contribution in [0, 0.1) is 5.92 Å². The Labute approximate surface area is 181 Å². The summed E-state index contributed by atoms with van der Waals surface area (Å²) in [6.07, 6.45) is 0.888. The van der Waals surface area contributed by atoms with Gasteiger partial charge in [0.1, 0.15) is 5.75 Å². The number of ether oxygens (including phenoxy) is 2. The first kappa shape index (κ1) is 24.4. The van der Waals surface area contributed by atoms with E-state index in [1.54, 1.807) is 0 Å². The van der Waals surface area contributed by atoms with Gasteiger partial charge >= 0.3 is 0 Å². The van der Waals surface area contributed by atoms with E-state index in [1.807, 2.05) is 26.0 Å². The Hall–Kier alpha value is -1.83. The number of β-amino-alcohol motifs (C(OH)–C–C–N with tert-alkyl or cyclic N) is 1. The Morgan fingerprint density at radius 2 is 1.93 bits per heavy atom. The minimum Gasteiger partial charge on any atom is -0.493 e. The van der Waals surface area contributed by atoms with Crippen LogP contribution in [-0.2, 0) is 11.2 Å². The monoisotopic (exact) mass is 420 g/mol. The number of aliphatic hydroxyl groups is 1. The molecule has 7 heteroatoms. The van der Waals surface area contributed by atoms with Crippen LogP contribution >= 0.6 is 0 Å². The van der Waals surface area contributed by atoms with E-state index in [9.17, 15) is 5.11 Å². The van der Waals surface area contributed by atoms with E-state index >= 15 is 0 Å². The van der Waals surface area contributed by atoms with Gasteiger partial charge in [0.05, 0.1) is 32.0 Å².